The number of nitrogens with zero attached hydrogens (tertiary/aromatic N) is 1. The molecule has 0 heterocycles. The van der Waals surface area contributed by atoms with Crippen LogP contribution in [0.5, 0.6) is 0 Å². The van der Waals surface area contributed by atoms with Crippen molar-refractivity contribution < 1.29 is 4.74 Å². The molecule has 0 spiro atoms. The Morgan fingerprint density at radius 2 is 1.79 bits per heavy atom. The molecule has 2 aliphatic rings. The lowest BCUT2D eigenvalue weighted by Gasteiger charge is -1.96. The molecule has 2 aliphatic carbocycles. The van der Waals surface area contributed by atoms with E-state index < -0.39 is 0 Å². The van der Waals surface area contributed by atoms with Crippen molar-refractivity contribution in [1.82, 2.24) is 0 Å². The van der Waals surface area contributed by atoms with Crippen LogP contribution in [0.25, 0.3) is 0 Å². The summed E-state index contributed by atoms with van der Waals surface area (Å²) in [5, 5.41) is 7.59. The SMILES string of the molecule is C1=CC2CCC1C2.CC.CCOC#N. The highest BCUT2D eigenvalue weighted by Gasteiger charge is 2.25. The normalized spacial score (nSPS) is 25.3. The molecule has 0 aromatic heterocycles. The van der Waals surface area contributed by atoms with E-state index in [0.29, 0.717) is 6.61 Å². The summed E-state index contributed by atoms with van der Waals surface area (Å²) in [6.07, 6.45) is 10.7. The second kappa shape index (κ2) is 8.62. The molecule has 0 aliphatic heterocycles. The minimum atomic E-state index is 0.483. The van der Waals surface area contributed by atoms with Gasteiger partial charge in [0.1, 0.15) is 0 Å². The maximum atomic E-state index is 7.59. The van der Waals surface area contributed by atoms with Crippen LogP contribution in [0.1, 0.15) is 40.0 Å². The Bertz CT molecular complexity index is 181. The van der Waals surface area contributed by atoms with E-state index in [-0.39, 0.29) is 0 Å². The average Bonchev–Trinajstić information content (AvgIpc) is 2.86. The Labute approximate surface area is 87.6 Å². The smallest absolute Gasteiger partial charge is 0.286 e. The molecule has 2 nitrogen and oxygen atoms in total. The third-order valence-corrected chi connectivity index (χ3v) is 2.38. The highest BCUT2D eigenvalue weighted by atomic mass is 16.5. The summed E-state index contributed by atoms with van der Waals surface area (Å²) in [5.74, 6) is 1.98. The molecule has 0 N–H and O–H groups in total. The number of rotatable bonds is 1. The predicted molar refractivity (Wildman–Crippen MR) is 58.6 cm³/mol. The predicted octanol–water partition coefficient (Wildman–Crippen LogP) is 3.50. The Balaban J connectivity index is 0.000000217. The summed E-state index contributed by atoms with van der Waals surface area (Å²) in [5.41, 5.74) is 0. The number of allylic oxidation sites excluding steroid dienone is 2. The molecule has 0 amide bonds. The van der Waals surface area contributed by atoms with E-state index in [4.69, 9.17) is 5.26 Å². The fraction of sp³-hybridized carbons (Fsp3) is 0.750. The van der Waals surface area contributed by atoms with Gasteiger partial charge in [-0.15, -0.1) is 0 Å². The van der Waals surface area contributed by atoms with Crippen LogP contribution >= 0.6 is 0 Å². The summed E-state index contributed by atoms with van der Waals surface area (Å²) < 4.78 is 4.14. The molecule has 0 radical (unpaired) electrons. The van der Waals surface area contributed by atoms with Crippen molar-refractivity contribution in [3.8, 4) is 6.26 Å². The third-order valence-electron chi connectivity index (χ3n) is 2.38. The van der Waals surface area contributed by atoms with Crippen molar-refractivity contribution in [2.75, 3.05) is 6.61 Å². The van der Waals surface area contributed by atoms with Crippen molar-refractivity contribution in [2.24, 2.45) is 11.8 Å². The van der Waals surface area contributed by atoms with Crippen LogP contribution in [0.3, 0.4) is 0 Å². The molecule has 1 fully saturated rings. The van der Waals surface area contributed by atoms with Crippen LogP contribution in [-0.2, 0) is 4.74 Å². The van der Waals surface area contributed by atoms with Gasteiger partial charge < -0.3 is 4.74 Å². The molecule has 0 aromatic carbocycles. The summed E-state index contributed by atoms with van der Waals surface area (Å²) in [6.45, 7) is 6.25. The first-order valence-electron chi connectivity index (χ1n) is 5.56. The molecule has 2 heteroatoms. The monoisotopic (exact) mass is 195 g/mol. The highest BCUT2D eigenvalue weighted by Crippen LogP contribution is 2.38. The van der Waals surface area contributed by atoms with Gasteiger partial charge >= 0.3 is 0 Å². The second-order valence-electron chi connectivity index (χ2n) is 3.24. The first-order chi connectivity index (χ1) is 6.86. The van der Waals surface area contributed by atoms with Crippen LogP contribution in [0.4, 0.5) is 0 Å². The maximum absolute atomic E-state index is 7.59. The Morgan fingerprint density at radius 1 is 1.29 bits per heavy atom. The standard InChI is InChI=1S/C7H10.C3H5NO.C2H6/c1-2-7-4-3-6(1)5-7;1-2-5-3-4;1-2/h1-2,6-7H,3-5H2;2H2,1H3;1-2H3. The van der Waals surface area contributed by atoms with Crippen LogP contribution in [0.2, 0.25) is 0 Å². The van der Waals surface area contributed by atoms with E-state index in [1.54, 1.807) is 6.92 Å². The van der Waals surface area contributed by atoms with E-state index in [1.165, 1.54) is 25.5 Å². The fourth-order valence-electron chi connectivity index (χ4n) is 1.78. The summed E-state index contributed by atoms with van der Waals surface area (Å²) in [4.78, 5) is 0. The zero-order valence-corrected chi connectivity index (χ0v) is 9.49. The second-order valence-corrected chi connectivity index (χ2v) is 3.24. The van der Waals surface area contributed by atoms with Crippen molar-refractivity contribution in [3.63, 3.8) is 0 Å². The zero-order valence-electron chi connectivity index (χ0n) is 9.49. The molecule has 2 atom stereocenters. The molecule has 2 bridgehead atoms. The van der Waals surface area contributed by atoms with Crippen LogP contribution in [-0.4, -0.2) is 6.61 Å². The molecule has 2 rings (SSSR count). The van der Waals surface area contributed by atoms with Gasteiger partial charge in [-0.3, -0.25) is 0 Å². The Kier molecular flexibility index (Phi) is 8.02. The van der Waals surface area contributed by atoms with Crippen LogP contribution in [0.15, 0.2) is 12.2 Å². The summed E-state index contributed by atoms with van der Waals surface area (Å²) in [6, 6.07) is 0. The molecular formula is C12H21NO. The number of hydrogen-bond donors (Lipinski definition) is 0. The lowest BCUT2D eigenvalue weighted by atomic mass is 10.1. The third kappa shape index (κ3) is 4.91. The molecule has 14 heavy (non-hydrogen) atoms. The van der Waals surface area contributed by atoms with Gasteiger partial charge in [0.25, 0.3) is 6.26 Å². The minimum Gasteiger partial charge on any atom is -0.428 e. The number of ether oxygens (including phenoxy) is 1. The topological polar surface area (TPSA) is 33.0 Å². The number of nitriles is 1. The lowest BCUT2D eigenvalue weighted by molar-refractivity contribution is 0.291. The highest BCUT2D eigenvalue weighted by molar-refractivity contribution is 5.06. The molecule has 0 aromatic rings. The molecule has 2 unspecified atom stereocenters. The van der Waals surface area contributed by atoms with E-state index in [1.807, 2.05) is 13.8 Å². The zero-order chi connectivity index (χ0) is 10.8. The summed E-state index contributed by atoms with van der Waals surface area (Å²) in [7, 11) is 0. The maximum Gasteiger partial charge on any atom is 0.286 e. The van der Waals surface area contributed by atoms with Gasteiger partial charge in [0, 0.05) is 0 Å². The fourth-order valence-corrected chi connectivity index (χ4v) is 1.78. The van der Waals surface area contributed by atoms with Crippen molar-refractivity contribution in [1.29, 1.82) is 5.26 Å². The van der Waals surface area contributed by atoms with Gasteiger partial charge in [-0.25, -0.2) is 0 Å². The van der Waals surface area contributed by atoms with Gasteiger partial charge in [-0.2, -0.15) is 5.26 Å². The lowest BCUT2D eigenvalue weighted by Crippen LogP contribution is -1.82. The molecule has 1 saturated carbocycles. The quantitative estimate of drug-likeness (QED) is 0.474. The van der Waals surface area contributed by atoms with Gasteiger partial charge in [0.2, 0.25) is 0 Å². The minimum absolute atomic E-state index is 0.483. The molecule has 0 saturated heterocycles. The van der Waals surface area contributed by atoms with Gasteiger partial charge in [0.05, 0.1) is 6.61 Å². The van der Waals surface area contributed by atoms with E-state index >= 15 is 0 Å². The number of fused-ring (bicyclic) bond motifs is 2. The van der Waals surface area contributed by atoms with Crippen LogP contribution in [0, 0.1) is 23.4 Å². The van der Waals surface area contributed by atoms with Gasteiger partial charge in [0.15, 0.2) is 0 Å². The van der Waals surface area contributed by atoms with Gasteiger partial charge in [-0.05, 0) is 38.0 Å². The Morgan fingerprint density at radius 3 is 1.86 bits per heavy atom. The number of hydrogen-bond acceptors (Lipinski definition) is 2. The average molecular weight is 195 g/mol. The first kappa shape index (κ1) is 13.0. The Hall–Kier alpha value is -0.970. The van der Waals surface area contributed by atoms with Crippen LogP contribution < -0.4 is 0 Å². The largest absolute Gasteiger partial charge is 0.428 e. The van der Waals surface area contributed by atoms with Crippen molar-refractivity contribution in [2.45, 2.75) is 40.0 Å². The van der Waals surface area contributed by atoms with E-state index in [9.17, 15) is 0 Å². The van der Waals surface area contributed by atoms with E-state index in [2.05, 4.69) is 16.9 Å². The van der Waals surface area contributed by atoms with Crippen molar-refractivity contribution >= 4 is 0 Å². The summed E-state index contributed by atoms with van der Waals surface area (Å²) >= 11 is 0. The van der Waals surface area contributed by atoms with Crippen molar-refractivity contribution in [3.05, 3.63) is 12.2 Å². The molecule has 80 valence electrons. The molecular weight excluding hydrogens is 174 g/mol. The first-order valence-corrected chi connectivity index (χ1v) is 5.56. The van der Waals surface area contributed by atoms with Gasteiger partial charge in [-0.1, -0.05) is 26.0 Å². The van der Waals surface area contributed by atoms with E-state index in [0.717, 1.165) is 11.8 Å².